The molecule has 0 atom stereocenters. The lowest BCUT2D eigenvalue weighted by Gasteiger charge is -2.29. The molecule has 5 nitrogen and oxygen atoms in total. The summed E-state index contributed by atoms with van der Waals surface area (Å²) in [6.45, 7) is 0. The van der Waals surface area contributed by atoms with Crippen molar-refractivity contribution in [2.75, 3.05) is 5.43 Å². The molecule has 0 aliphatic rings. The molecule has 0 bridgehead atoms. The molecule has 0 aliphatic heterocycles. The first-order chi connectivity index (χ1) is 8.00. The van der Waals surface area contributed by atoms with Crippen molar-refractivity contribution in [3.63, 3.8) is 0 Å². The van der Waals surface area contributed by atoms with Gasteiger partial charge in [-0.25, -0.2) is 4.68 Å². The molecular weight excluding hydrogens is 294 g/mol. The predicted octanol–water partition coefficient (Wildman–Crippen LogP) is 1.45. The number of amides is 1. The van der Waals surface area contributed by atoms with E-state index in [9.17, 15) is 31.1 Å². The van der Waals surface area contributed by atoms with Gasteiger partial charge in [0.05, 0.1) is 0 Å². The third kappa shape index (κ3) is 2.35. The van der Waals surface area contributed by atoms with Gasteiger partial charge in [-0.15, -0.1) is 10.2 Å². The number of nitrogens with zero attached hydrogens (tertiary/aromatic N) is 3. The lowest BCUT2D eigenvalue weighted by molar-refractivity contribution is -0.258. The van der Waals surface area contributed by atoms with E-state index in [0.29, 0.717) is 17.3 Å². The minimum absolute atomic E-state index is 0.400. The van der Waals surface area contributed by atoms with Crippen LogP contribution in [-0.4, -0.2) is 38.0 Å². The number of hydrogen-bond donors (Lipinski definition) is 1. The summed E-state index contributed by atoms with van der Waals surface area (Å²) in [7, 11) is 0. The fraction of sp³-hybridized carbons (Fsp3) is 0.500. The Morgan fingerprint density at radius 3 is 1.78 bits per heavy atom. The van der Waals surface area contributed by atoms with Gasteiger partial charge in [0.25, 0.3) is 5.91 Å². The van der Waals surface area contributed by atoms with Gasteiger partial charge in [0, 0.05) is 0 Å². The third-order valence-electron chi connectivity index (χ3n) is 1.74. The molecule has 1 rings (SSSR count). The molecule has 12 heteroatoms. The van der Waals surface area contributed by atoms with Gasteiger partial charge in [-0.3, -0.25) is 10.2 Å². The van der Waals surface area contributed by atoms with Crippen LogP contribution < -0.4 is 5.43 Å². The number of aromatic nitrogens is 3. The molecule has 0 saturated heterocycles. The molecule has 1 aromatic heterocycles. The summed E-state index contributed by atoms with van der Waals surface area (Å²) in [5.41, 5.74) is 1.26. The average Bonchev–Trinajstić information content (AvgIpc) is 2.65. The van der Waals surface area contributed by atoms with Gasteiger partial charge in [0.1, 0.15) is 12.7 Å². The zero-order valence-corrected chi connectivity index (χ0v) is 8.81. The van der Waals surface area contributed by atoms with E-state index in [0.717, 1.165) is 0 Å². The minimum Gasteiger partial charge on any atom is -0.270 e. The van der Waals surface area contributed by atoms with Crippen LogP contribution in [0.15, 0.2) is 12.7 Å². The second kappa shape index (κ2) is 4.30. The van der Waals surface area contributed by atoms with E-state index in [1.165, 1.54) is 5.43 Å². The van der Waals surface area contributed by atoms with Gasteiger partial charge in [-0.1, -0.05) is 11.6 Å². The summed E-state index contributed by atoms with van der Waals surface area (Å²) in [5, 5.41) is 6.15. The normalized spacial score (nSPS) is 13.5. The van der Waals surface area contributed by atoms with Gasteiger partial charge >= 0.3 is 17.2 Å². The highest BCUT2D eigenvalue weighted by Gasteiger charge is 2.75. The summed E-state index contributed by atoms with van der Waals surface area (Å²) in [6.07, 6.45) is -10.7. The zero-order chi connectivity index (χ0) is 14.2. The van der Waals surface area contributed by atoms with Crippen LogP contribution in [-0.2, 0) is 4.79 Å². The summed E-state index contributed by atoms with van der Waals surface area (Å²) < 4.78 is 74.4. The van der Waals surface area contributed by atoms with Crippen LogP contribution >= 0.6 is 11.6 Å². The lowest BCUT2D eigenvalue weighted by Crippen LogP contribution is -2.61. The lowest BCUT2D eigenvalue weighted by atomic mass is 10.1. The second-order valence-electron chi connectivity index (χ2n) is 2.96. The van der Waals surface area contributed by atoms with E-state index in [4.69, 9.17) is 0 Å². The van der Waals surface area contributed by atoms with Crippen LogP contribution in [0.3, 0.4) is 0 Å². The molecule has 1 amide bonds. The Labute approximate surface area is 99.7 Å². The quantitative estimate of drug-likeness (QED) is 0.664. The molecule has 0 aliphatic carbocycles. The number of halogens is 7. The van der Waals surface area contributed by atoms with Gasteiger partial charge < -0.3 is 0 Å². The van der Waals surface area contributed by atoms with Crippen molar-refractivity contribution in [3.8, 4) is 0 Å². The first-order valence-electron chi connectivity index (χ1n) is 3.98. The van der Waals surface area contributed by atoms with Gasteiger partial charge in [-0.2, -0.15) is 26.3 Å². The maximum atomic E-state index is 12.3. The summed E-state index contributed by atoms with van der Waals surface area (Å²) in [4.78, 5) is 6.01. The van der Waals surface area contributed by atoms with E-state index in [1.54, 1.807) is 0 Å². The molecule has 0 aromatic carbocycles. The largest absolute Gasteiger partial charge is 0.425 e. The Bertz CT molecular complexity index is 412. The summed E-state index contributed by atoms with van der Waals surface area (Å²) >= 11 is 4.44. The Morgan fingerprint density at radius 2 is 1.44 bits per heavy atom. The monoisotopic (exact) mass is 296 g/mol. The Balaban J connectivity index is 3.09. The van der Waals surface area contributed by atoms with Gasteiger partial charge in [0.15, 0.2) is 0 Å². The smallest absolute Gasteiger partial charge is 0.270 e. The molecule has 1 N–H and O–H groups in total. The molecule has 0 radical (unpaired) electrons. The number of nitrogens with one attached hydrogen (secondary N) is 1. The van der Waals surface area contributed by atoms with Gasteiger partial charge in [-0.05, 0) is 0 Å². The SMILES string of the molecule is O=C(Nn1cnnc1)C(Cl)(C(F)(F)F)C(F)(F)F. The average molecular weight is 297 g/mol. The number of alkyl halides is 7. The fourth-order valence-corrected chi connectivity index (χ4v) is 0.913. The van der Waals surface area contributed by atoms with Crippen LogP contribution in [0.25, 0.3) is 0 Å². The van der Waals surface area contributed by atoms with Crippen molar-refractivity contribution in [1.82, 2.24) is 14.9 Å². The molecular formula is C6H3ClF6N4O. The van der Waals surface area contributed by atoms with Crippen LogP contribution in [0.2, 0.25) is 0 Å². The molecule has 18 heavy (non-hydrogen) atoms. The first-order valence-corrected chi connectivity index (χ1v) is 4.36. The van der Waals surface area contributed by atoms with Crippen molar-refractivity contribution < 1.29 is 31.1 Å². The highest BCUT2D eigenvalue weighted by Crippen LogP contribution is 2.48. The zero-order valence-electron chi connectivity index (χ0n) is 8.05. The number of carbonyl (C=O) groups is 1. The highest BCUT2D eigenvalue weighted by atomic mass is 35.5. The highest BCUT2D eigenvalue weighted by molar-refractivity contribution is 6.37. The first kappa shape index (κ1) is 14.5. The molecule has 0 fully saturated rings. The van der Waals surface area contributed by atoms with Crippen molar-refractivity contribution in [3.05, 3.63) is 12.7 Å². The Hall–Kier alpha value is -1.52. The van der Waals surface area contributed by atoms with E-state index in [2.05, 4.69) is 21.8 Å². The summed E-state index contributed by atoms with van der Waals surface area (Å²) in [5.74, 6) is -2.51. The molecule has 0 unspecified atom stereocenters. The number of carbonyl (C=O) groups excluding carboxylic acids is 1. The topological polar surface area (TPSA) is 59.8 Å². The molecule has 0 spiro atoms. The Morgan fingerprint density at radius 1 is 1.06 bits per heavy atom. The molecule has 0 saturated carbocycles. The maximum Gasteiger partial charge on any atom is 0.425 e. The van der Waals surface area contributed by atoms with E-state index < -0.39 is 23.1 Å². The number of rotatable bonds is 2. The fourth-order valence-electron chi connectivity index (χ4n) is 0.871. The minimum atomic E-state index is -6.02. The standard InChI is InChI=1S/C6H3ClF6N4O/c7-4(5(8,9)10,6(11,12)13)3(18)16-17-1-14-15-2-17/h1-2H,(H,16,18). The Kier molecular flexibility index (Phi) is 3.47. The summed E-state index contributed by atoms with van der Waals surface area (Å²) in [6, 6.07) is 0. The van der Waals surface area contributed by atoms with Crippen LogP contribution in [0.4, 0.5) is 26.3 Å². The van der Waals surface area contributed by atoms with Crippen LogP contribution in [0.5, 0.6) is 0 Å². The van der Waals surface area contributed by atoms with Crippen molar-refractivity contribution in [1.29, 1.82) is 0 Å². The predicted molar refractivity (Wildman–Crippen MR) is 45.1 cm³/mol. The molecule has 1 heterocycles. The van der Waals surface area contributed by atoms with Crippen LogP contribution in [0.1, 0.15) is 0 Å². The van der Waals surface area contributed by atoms with E-state index >= 15 is 0 Å². The number of hydrogen-bond acceptors (Lipinski definition) is 3. The third-order valence-corrected chi connectivity index (χ3v) is 2.34. The van der Waals surface area contributed by atoms with E-state index in [-0.39, 0.29) is 0 Å². The molecule has 1 aromatic rings. The molecule has 102 valence electrons. The van der Waals surface area contributed by atoms with Crippen molar-refractivity contribution in [2.45, 2.75) is 17.2 Å². The van der Waals surface area contributed by atoms with Crippen LogP contribution in [0, 0.1) is 0 Å². The van der Waals surface area contributed by atoms with Gasteiger partial charge in [0.2, 0.25) is 0 Å². The van der Waals surface area contributed by atoms with Crippen molar-refractivity contribution >= 4 is 17.5 Å². The maximum absolute atomic E-state index is 12.3. The van der Waals surface area contributed by atoms with Crippen molar-refractivity contribution in [2.24, 2.45) is 0 Å². The van der Waals surface area contributed by atoms with E-state index in [1.807, 2.05) is 0 Å². The second-order valence-corrected chi connectivity index (χ2v) is 3.53.